The largest absolute Gasteiger partial charge is 0.444 e. The summed E-state index contributed by atoms with van der Waals surface area (Å²) < 4.78 is 36.9. The lowest BCUT2D eigenvalue weighted by Gasteiger charge is -2.37. The standard InChI is InChI=1S/C25H29ClF2N6O3/c1-24(2,3)37-23(35)32-25(9-10-25)15-7-11-33(12-8-15)19-18-14-29-34(20(18)31-21(26)30-19)16-5-4-6-17(13-16)36-22(27)28/h4-6,13-15,22H,7-12H2,1-3H3,(H,32,35). The number of aromatic nitrogens is 4. The molecule has 0 bridgehead atoms. The average molecular weight is 535 g/mol. The van der Waals surface area contributed by atoms with E-state index in [1.165, 1.54) is 16.8 Å². The number of rotatable bonds is 6. The molecule has 1 saturated heterocycles. The number of nitrogens with zero attached hydrogens (tertiary/aromatic N) is 5. The highest BCUT2D eigenvalue weighted by molar-refractivity contribution is 6.28. The van der Waals surface area contributed by atoms with Gasteiger partial charge in [-0.3, -0.25) is 0 Å². The minimum atomic E-state index is -2.93. The molecule has 3 heterocycles. The normalized spacial score (nSPS) is 17.8. The van der Waals surface area contributed by atoms with Crippen LogP contribution in [0.5, 0.6) is 5.75 Å². The number of hydrogen-bond acceptors (Lipinski definition) is 7. The lowest BCUT2D eigenvalue weighted by Crippen LogP contribution is -2.48. The van der Waals surface area contributed by atoms with Gasteiger partial charge in [-0.25, -0.2) is 9.48 Å². The first-order valence-electron chi connectivity index (χ1n) is 12.3. The van der Waals surface area contributed by atoms with E-state index in [1.54, 1.807) is 18.3 Å². The summed E-state index contributed by atoms with van der Waals surface area (Å²) in [5.74, 6) is 1.03. The van der Waals surface area contributed by atoms with Crippen LogP contribution in [0.25, 0.3) is 16.7 Å². The fraction of sp³-hybridized carbons (Fsp3) is 0.520. The number of benzene rings is 1. The quantitative estimate of drug-likeness (QED) is 0.426. The number of hydrogen-bond donors (Lipinski definition) is 1. The molecule has 1 aliphatic carbocycles. The summed E-state index contributed by atoms with van der Waals surface area (Å²) in [4.78, 5) is 23.4. The van der Waals surface area contributed by atoms with Crippen molar-refractivity contribution < 1.29 is 23.0 Å². The van der Waals surface area contributed by atoms with Crippen LogP contribution in [-0.4, -0.2) is 56.7 Å². The van der Waals surface area contributed by atoms with Gasteiger partial charge in [-0.1, -0.05) is 6.07 Å². The van der Waals surface area contributed by atoms with Gasteiger partial charge in [-0.2, -0.15) is 23.8 Å². The molecule has 12 heteroatoms. The van der Waals surface area contributed by atoms with Crippen molar-refractivity contribution in [1.82, 2.24) is 25.1 Å². The Labute approximate surface area is 218 Å². The summed E-state index contributed by atoms with van der Waals surface area (Å²) in [5.41, 5.74) is 0.236. The van der Waals surface area contributed by atoms with Crippen molar-refractivity contribution in [3.8, 4) is 11.4 Å². The Hall–Kier alpha value is -3.21. The molecule has 2 aromatic heterocycles. The summed E-state index contributed by atoms with van der Waals surface area (Å²) >= 11 is 6.31. The molecular formula is C25H29ClF2N6O3. The van der Waals surface area contributed by atoms with Crippen molar-refractivity contribution in [2.45, 2.75) is 64.2 Å². The Kier molecular flexibility index (Phi) is 6.59. The van der Waals surface area contributed by atoms with Crippen LogP contribution in [0.2, 0.25) is 5.28 Å². The molecule has 9 nitrogen and oxygen atoms in total. The molecule has 1 amide bonds. The molecule has 0 atom stereocenters. The second kappa shape index (κ2) is 9.59. The van der Waals surface area contributed by atoms with Gasteiger partial charge in [-0.05, 0) is 76.1 Å². The van der Waals surface area contributed by atoms with Crippen molar-refractivity contribution in [1.29, 1.82) is 0 Å². The van der Waals surface area contributed by atoms with E-state index in [9.17, 15) is 13.6 Å². The number of carbonyl (C=O) groups excluding carboxylic acids is 1. The fourth-order valence-electron chi connectivity index (χ4n) is 5.01. The Balaban J connectivity index is 1.33. The van der Waals surface area contributed by atoms with E-state index < -0.39 is 12.2 Å². The second-order valence-corrected chi connectivity index (χ2v) is 10.9. The van der Waals surface area contributed by atoms with E-state index in [2.05, 4.69) is 30.0 Å². The van der Waals surface area contributed by atoms with Gasteiger partial charge in [0.25, 0.3) is 0 Å². The second-order valence-electron chi connectivity index (χ2n) is 10.5. The number of piperidine rings is 1. The summed E-state index contributed by atoms with van der Waals surface area (Å²) in [6.45, 7) is 4.10. The molecule has 0 radical (unpaired) electrons. The first-order valence-corrected chi connectivity index (χ1v) is 12.6. The molecule has 37 heavy (non-hydrogen) atoms. The molecule has 1 N–H and O–H groups in total. The maximum absolute atomic E-state index is 12.7. The third kappa shape index (κ3) is 5.56. The summed E-state index contributed by atoms with van der Waals surface area (Å²) in [6, 6.07) is 6.24. The van der Waals surface area contributed by atoms with E-state index in [-0.39, 0.29) is 22.7 Å². The molecule has 1 saturated carbocycles. The van der Waals surface area contributed by atoms with Crippen molar-refractivity contribution in [2.24, 2.45) is 5.92 Å². The Bertz CT molecular complexity index is 1300. The van der Waals surface area contributed by atoms with Crippen molar-refractivity contribution >= 4 is 34.5 Å². The number of fused-ring (bicyclic) bond motifs is 1. The van der Waals surface area contributed by atoms with Gasteiger partial charge < -0.3 is 19.7 Å². The third-order valence-corrected chi connectivity index (χ3v) is 6.95. The number of alkyl halides is 2. The monoisotopic (exact) mass is 534 g/mol. The number of carbonyl (C=O) groups is 1. The lowest BCUT2D eigenvalue weighted by atomic mass is 9.87. The Morgan fingerprint density at radius 3 is 2.59 bits per heavy atom. The predicted octanol–water partition coefficient (Wildman–Crippen LogP) is 5.34. The Morgan fingerprint density at radius 1 is 1.22 bits per heavy atom. The summed E-state index contributed by atoms with van der Waals surface area (Å²) in [5, 5.41) is 8.33. The first-order chi connectivity index (χ1) is 17.5. The smallest absolute Gasteiger partial charge is 0.408 e. The van der Waals surface area contributed by atoms with Gasteiger partial charge in [0, 0.05) is 24.7 Å². The summed E-state index contributed by atoms with van der Waals surface area (Å²) in [7, 11) is 0. The number of nitrogens with one attached hydrogen (secondary N) is 1. The van der Waals surface area contributed by atoms with Crippen LogP contribution < -0.4 is 15.0 Å². The van der Waals surface area contributed by atoms with E-state index >= 15 is 0 Å². The first kappa shape index (κ1) is 25.4. The van der Waals surface area contributed by atoms with Crippen molar-refractivity contribution in [2.75, 3.05) is 18.0 Å². The van der Waals surface area contributed by atoms with E-state index in [1.807, 2.05) is 20.8 Å². The SMILES string of the molecule is CC(C)(C)OC(=O)NC1(C2CCN(c3nc(Cl)nc4c3cnn4-c3cccc(OC(F)F)c3)CC2)CC1. The fourth-order valence-corrected chi connectivity index (χ4v) is 5.17. The molecule has 198 valence electrons. The number of anilines is 1. The Morgan fingerprint density at radius 2 is 1.95 bits per heavy atom. The molecule has 0 unspecified atom stereocenters. The highest BCUT2D eigenvalue weighted by Gasteiger charge is 2.51. The zero-order valence-electron chi connectivity index (χ0n) is 20.9. The zero-order chi connectivity index (χ0) is 26.4. The van der Waals surface area contributed by atoms with Crippen LogP contribution in [0.15, 0.2) is 30.5 Å². The lowest BCUT2D eigenvalue weighted by molar-refractivity contribution is -0.0498. The average Bonchev–Trinajstić information content (AvgIpc) is 3.46. The van der Waals surface area contributed by atoms with Gasteiger partial charge in [0.05, 0.1) is 17.3 Å². The van der Waals surface area contributed by atoms with Crippen LogP contribution in [0, 0.1) is 5.92 Å². The van der Waals surface area contributed by atoms with Crippen LogP contribution in [0.4, 0.5) is 19.4 Å². The van der Waals surface area contributed by atoms with E-state index in [0.29, 0.717) is 28.5 Å². The number of halogens is 3. The highest BCUT2D eigenvalue weighted by Crippen LogP contribution is 2.47. The van der Waals surface area contributed by atoms with Crippen LogP contribution in [-0.2, 0) is 4.74 Å². The van der Waals surface area contributed by atoms with Crippen molar-refractivity contribution in [3.63, 3.8) is 0 Å². The van der Waals surface area contributed by atoms with E-state index in [4.69, 9.17) is 16.3 Å². The van der Waals surface area contributed by atoms with Gasteiger partial charge in [0.1, 0.15) is 17.2 Å². The molecular weight excluding hydrogens is 506 g/mol. The number of alkyl carbamates (subject to hydrolysis) is 1. The molecule has 3 aromatic rings. The van der Waals surface area contributed by atoms with E-state index in [0.717, 1.165) is 38.8 Å². The van der Waals surface area contributed by atoms with Gasteiger partial charge >= 0.3 is 12.7 Å². The molecule has 5 rings (SSSR count). The number of amides is 1. The maximum atomic E-state index is 12.7. The van der Waals surface area contributed by atoms with Crippen molar-refractivity contribution in [3.05, 3.63) is 35.7 Å². The molecule has 1 aliphatic heterocycles. The zero-order valence-corrected chi connectivity index (χ0v) is 21.6. The minimum Gasteiger partial charge on any atom is -0.444 e. The minimum absolute atomic E-state index is 0.0209. The van der Waals surface area contributed by atoms with Crippen LogP contribution in [0.3, 0.4) is 0 Å². The molecule has 2 aliphatic rings. The molecule has 2 fully saturated rings. The molecule has 0 spiro atoms. The maximum Gasteiger partial charge on any atom is 0.408 e. The highest BCUT2D eigenvalue weighted by atomic mass is 35.5. The summed E-state index contributed by atoms with van der Waals surface area (Å²) in [6.07, 6.45) is 4.93. The number of ether oxygens (including phenoxy) is 2. The van der Waals surface area contributed by atoms with Gasteiger partial charge in [0.15, 0.2) is 5.65 Å². The van der Waals surface area contributed by atoms with Gasteiger partial charge in [0.2, 0.25) is 5.28 Å². The predicted molar refractivity (Wildman–Crippen MR) is 135 cm³/mol. The topological polar surface area (TPSA) is 94.4 Å². The van der Waals surface area contributed by atoms with Crippen LogP contribution in [0.1, 0.15) is 46.5 Å². The van der Waals surface area contributed by atoms with Crippen LogP contribution >= 0.6 is 11.6 Å². The van der Waals surface area contributed by atoms with Gasteiger partial charge in [-0.15, -0.1) is 0 Å². The third-order valence-electron chi connectivity index (χ3n) is 6.78. The molecule has 1 aromatic carbocycles.